The van der Waals surface area contributed by atoms with E-state index in [-0.39, 0.29) is 0 Å². The lowest BCUT2D eigenvalue weighted by molar-refractivity contribution is 0.213. The van der Waals surface area contributed by atoms with E-state index < -0.39 is 0 Å². The monoisotopic (exact) mass is 307 g/mol. The Labute approximate surface area is 117 Å². The molecule has 0 aromatic heterocycles. The summed E-state index contributed by atoms with van der Waals surface area (Å²) in [6.45, 7) is 5.44. The van der Waals surface area contributed by atoms with Crippen LogP contribution in [0.25, 0.3) is 0 Å². The van der Waals surface area contributed by atoms with E-state index in [4.69, 9.17) is 5.26 Å². The van der Waals surface area contributed by atoms with Crippen molar-refractivity contribution in [2.45, 2.75) is 19.4 Å². The third-order valence-electron chi connectivity index (χ3n) is 3.69. The molecule has 18 heavy (non-hydrogen) atoms. The van der Waals surface area contributed by atoms with Crippen LogP contribution in [0.5, 0.6) is 0 Å². The minimum absolute atomic E-state index is 0.619. The van der Waals surface area contributed by atoms with E-state index in [2.05, 4.69) is 51.8 Å². The first-order valence-electron chi connectivity index (χ1n) is 6.30. The number of halogens is 1. The molecule has 0 N–H and O–H groups in total. The average Bonchev–Trinajstić information content (AvgIpc) is 2.39. The minimum atomic E-state index is 0.619. The molecule has 1 aromatic carbocycles. The maximum absolute atomic E-state index is 8.93. The second-order valence-corrected chi connectivity index (χ2v) is 5.62. The van der Waals surface area contributed by atoms with Gasteiger partial charge in [0.15, 0.2) is 0 Å². The van der Waals surface area contributed by atoms with Crippen LogP contribution in [0.2, 0.25) is 0 Å². The summed E-state index contributed by atoms with van der Waals surface area (Å²) in [7, 11) is 2.19. The summed E-state index contributed by atoms with van der Waals surface area (Å²) in [6.07, 6.45) is 1.17. The van der Waals surface area contributed by atoms with E-state index in [0.29, 0.717) is 11.6 Å². The van der Waals surface area contributed by atoms with Crippen molar-refractivity contribution in [2.75, 3.05) is 31.6 Å². The zero-order valence-corrected chi connectivity index (χ0v) is 12.4. The van der Waals surface area contributed by atoms with Crippen LogP contribution in [-0.2, 0) is 0 Å². The molecule has 1 atom stereocenters. The molecule has 0 bridgehead atoms. The molecule has 3 nitrogen and oxygen atoms in total. The summed E-state index contributed by atoms with van der Waals surface area (Å²) in [6, 6.07) is 8.78. The first-order chi connectivity index (χ1) is 8.65. The molecule has 4 heteroatoms. The molecular weight excluding hydrogens is 290 g/mol. The summed E-state index contributed by atoms with van der Waals surface area (Å²) < 4.78 is 0.884. The molecule has 1 unspecified atom stereocenters. The van der Waals surface area contributed by atoms with E-state index in [9.17, 15) is 0 Å². The highest BCUT2D eigenvalue weighted by Crippen LogP contribution is 2.25. The summed E-state index contributed by atoms with van der Waals surface area (Å²) in [5.74, 6) is 0. The second kappa shape index (κ2) is 5.73. The van der Waals surface area contributed by atoms with Gasteiger partial charge in [0.1, 0.15) is 6.07 Å². The number of benzene rings is 1. The smallest absolute Gasteiger partial charge is 0.100 e. The molecule has 1 aromatic rings. The van der Waals surface area contributed by atoms with Crippen LogP contribution in [0.15, 0.2) is 22.7 Å². The van der Waals surface area contributed by atoms with E-state index in [1.54, 1.807) is 0 Å². The van der Waals surface area contributed by atoms with Crippen molar-refractivity contribution in [2.24, 2.45) is 0 Å². The molecule has 1 aliphatic heterocycles. The maximum atomic E-state index is 8.93. The fourth-order valence-corrected chi connectivity index (χ4v) is 2.87. The molecule has 96 valence electrons. The van der Waals surface area contributed by atoms with Gasteiger partial charge in [-0.05, 0) is 47.6 Å². The summed E-state index contributed by atoms with van der Waals surface area (Å²) in [5.41, 5.74) is 1.90. The Balaban J connectivity index is 2.17. The van der Waals surface area contributed by atoms with Crippen molar-refractivity contribution < 1.29 is 0 Å². The number of piperazine rings is 1. The van der Waals surface area contributed by atoms with Crippen LogP contribution in [0.3, 0.4) is 0 Å². The van der Waals surface area contributed by atoms with Gasteiger partial charge < -0.3 is 4.90 Å². The lowest BCUT2D eigenvalue weighted by atomic mass is 10.1. The number of hydrogen-bond acceptors (Lipinski definition) is 3. The molecule has 1 aliphatic rings. The Hall–Kier alpha value is -1.05. The SMILES string of the molecule is CCC1CN(c2ccc(C#N)c(Br)c2)CCN1C. The molecule has 0 saturated carbocycles. The highest BCUT2D eigenvalue weighted by Gasteiger charge is 2.23. The lowest BCUT2D eigenvalue weighted by Gasteiger charge is -2.40. The molecule has 1 fully saturated rings. The van der Waals surface area contributed by atoms with E-state index in [0.717, 1.165) is 24.1 Å². The van der Waals surface area contributed by atoms with E-state index >= 15 is 0 Å². The Bertz CT molecular complexity index is 467. The van der Waals surface area contributed by atoms with Crippen molar-refractivity contribution in [1.82, 2.24) is 4.90 Å². The van der Waals surface area contributed by atoms with Gasteiger partial charge in [-0.3, -0.25) is 4.90 Å². The largest absolute Gasteiger partial charge is 0.369 e. The third-order valence-corrected chi connectivity index (χ3v) is 4.34. The molecule has 1 heterocycles. The highest BCUT2D eigenvalue weighted by atomic mass is 79.9. The van der Waals surface area contributed by atoms with Gasteiger partial charge in [-0.2, -0.15) is 5.26 Å². The van der Waals surface area contributed by atoms with Gasteiger partial charge >= 0.3 is 0 Å². The van der Waals surface area contributed by atoms with Crippen molar-refractivity contribution in [3.05, 3.63) is 28.2 Å². The zero-order valence-electron chi connectivity index (χ0n) is 10.9. The van der Waals surface area contributed by atoms with Crippen LogP contribution >= 0.6 is 15.9 Å². The Morgan fingerprint density at radius 1 is 1.44 bits per heavy atom. The quantitative estimate of drug-likeness (QED) is 0.841. The van der Waals surface area contributed by atoms with E-state index in [1.165, 1.54) is 12.1 Å². The van der Waals surface area contributed by atoms with Gasteiger partial charge in [-0.15, -0.1) is 0 Å². The summed E-state index contributed by atoms with van der Waals surface area (Å²) in [5, 5.41) is 8.93. The van der Waals surface area contributed by atoms with Crippen molar-refractivity contribution in [3.8, 4) is 6.07 Å². The minimum Gasteiger partial charge on any atom is -0.369 e. The first kappa shape index (κ1) is 13.4. The molecule has 0 spiro atoms. The topological polar surface area (TPSA) is 30.3 Å². The first-order valence-corrected chi connectivity index (χ1v) is 7.09. The maximum Gasteiger partial charge on any atom is 0.100 e. The fraction of sp³-hybridized carbons (Fsp3) is 0.500. The van der Waals surface area contributed by atoms with E-state index in [1.807, 2.05) is 12.1 Å². The molecule has 2 rings (SSSR count). The second-order valence-electron chi connectivity index (χ2n) is 4.76. The van der Waals surface area contributed by atoms with Crippen LogP contribution in [0.1, 0.15) is 18.9 Å². The molecule has 0 amide bonds. The Morgan fingerprint density at radius 2 is 2.22 bits per heavy atom. The van der Waals surface area contributed by atoms with Crippen LogP contribution in [0.4, 0.5) is 5.69 Å². The summed E-state index contributed by atoms with van der Waals surface area (Å²) in [4.78, 5) is 4.83. The van der Waals surface area contributed by atoms with Gasteiger partial charge in [0, 0.05) is 35.8 Å². The number of anilines is 1. The molecule has 0 radical (unpaired) electrons. The van der Waals surface area contributed by atoms with Crippen molar-refractivity contribution >= 4 is 21.6 Å². The van der Waals surface area contributed by atoms with Gasteiger partial charge in [-0.1, -0.05) is 6.92 Å². The van der Waals surface area contributed by atoms with Gasteiger partial charge in [0.25, 0.3) is 0 Å². The molecule has 0 aliphatic carbocycles. The Morgan fingerprint density at radius 3 is 2.83 bits per heavy atom. The van der Waals surface area contributed by atoms with Gasteiger partial charge in [0.05, 0.1) is 5.56 Å². The predicted molar refractivity (Wildman–Crippen MR) is 77.8 cm³/mol. The number of rotatable bonds is 2. The number of likely N-dealkylation sites (N-methyl/N-ethyl adjacent to an activating group) is 1. The molecular formula is C14H18BrN3. The van der Waals surface area contributed by atoms with Gasteiger partial charge in [-0.25, -0.2) is 0 Å². The van der Waals surface area contributed by atoms with Crippen LogP contribution in [-0.4, -0.2) is 37.6 Å². The van der Waals surface area contributed by atoms with Crippen molar-refractivity contribution in [3.63, 3.8) is 0 Å². The number of nitrogens with zero attached hydrogens (tertiary/aromatic N) is 3. The normalized spacial score (nSPS) is 20.8. The molecule has 1 saturated heterocycles. The fourth-order valence-electron chi connectivity index (χ4n) is 2.41. The van der Waals surface area contributed by atoms with Crippen LogP contribution < -0.4 is 4.90 Å². The average molecular weight is 308 g/mol. The number of hydrogen-bond donors (Lipinski definition) is 0. The lowest BCUT2D eigenvalue weighted by Crippen LogP contribution is -2.51. The third kappa shape index (κ3) is 2.68. The predicted octanol–water partition coefficient (Wildman–Crippen LogP) is 2.85. The number of nitriles is 1. The van der Waals surface area contributed by atoms with Crippen molar-refractivity contribution in [1.29, 1.82) is 5.26 Å². The standard InChI is InChI=1S/C14H18BrN3/c1-3-12-10-18(7-6-17(12)2)13-5-4-11(9-16)14(15)8-13/h4-5,8,12H,3,6-7,10H2,1-2H3. The highest BCUT2D eigenvalue weighted by molar-refractivity contribution is 9.10. The van der Waals surface area contributed by atoms with Crippen LogP contribution in [0, 0.1) is 11.3 Å². The summed E-state index contributed by atoms with van der Waals surface area (Å²) >= 11 is 3.46. The zero-order chi connectivity index (χ0) is 13.1. The Kier molecular flexibility index (Phi) is 4.26. The van der Waals surface area contributed by atoms with Gasteiger partial charge in [0.2, 0.25) is 0 Å².